The van der Waals surface area contributed by atoms with E-state index in [1.165, 1.54) is 0 Å². The van der Waals surface area contributed by atoms with Gasteiger partial charge in [0.2, 0.25) is 6.29 Å². The van der Waals surface area contributed by atoms with Crippen molar-refractivity contribution < 1.29 is 9.53 Å². The van der Waals surface area contributed by atoms with E-state index in [-0.39, 0.29) is 0 Å². The third kappa shape index (κ3) is 2.38. The second-order valence-corrected chi connectivity index (χ2v) is 2.40. The molecule has 63 valence electrons. The van der Waals surface area contributed by atoms with E-state index in [0.717, 1.165) is 11.3 Å². The van der Waals surface area contributed by atoms with Gasteiger partial charge >= 0.3 is 0 Å². The molecule has 1 radical (unpaired) electrons. The Morgan fingerprint density at radius 1 is 1.50 bits per heavy atom. The molecule has 0 bridgehead atoms. The normalized spacial score (nSPS) is 9.42. The molecule has 1 rings (SSSR count). The van der Waals surface area contributed by atoms with E-state index in [2.05, 4.69) is 0 Å². The van der Waals surface area contributed by atoms with Gasteiger partial charge in [-0.25, -0.2) is 0 Å². The third-order valence-corrected chi connectivity index (χ3v) is 1.49. The molecule has 0 fully saturated rings. The minimum Gasteiger partial charge on any atom is -0.494 e. The molecule has 0 unspecified atom stereocenters. The van der Waals surface area contributed by atoms with E-state index in [0.29, 0.717) is 13.0 Å². The molecule has 0 atom stereocenters. The Morgan fingerprint density at radius 3 is 3.00 bits per heavy atom. The molecule has 0 spiro atoms. The molecule has 0 aliphatic rings. The maximum absolute atomic E-state index is 10.1. The first-order valence-electron chi connectivity index (χ1n) is 3.93. The second-order valence-electron chi connectivity index (χ2n) is 2.40. The first-order chi connectivity index (χ1) is 5.86. The minimum absolute atomic E-state index is 0.334. The van der Waals surface area contributed by atoms with Crippen molar-refractivity contribution in [1.82, 2.24) is 0 Å². The molecule has 0 saturated carbocycles. The molecular formula is C10H11O2. The van der Waals surface area contributed by atoms with Crippen LogP contribution in [0.1, 0.15) is 12.5 Å². The van der Waals surface area contributed by atoms with Crippen LogP contribution < -0.4 is 4.74 Å². The third-order valence-electron chi connectivity index (χ3n) is 1.49. The predicted octanol–water partition coefficient (Wildman–Crippen LogP) is 1.74. The lowest BCUT2D eigenvalue weighted by molar-refractivity contribution is 0.340. The summed E-state index contributed by atoms with van der Waals surface area (Å²) in [6.07, 6.45) is 2.18. The van der Waals surface area contributed by atoms with Crippen LogP contribution >= 0.6 is 0 Å². The van der Waals surface area contributed by atoms with Crippen LogP contribution in [0.25, 0.3) is 0 Å². The lowest BCUT2D eigenvalue weighted by Crippen LogP contribution is -1.92. The van der Waals surface area contributed by atoms with E-state index in [1.54, 1.807) is 0 Å². The van der Waals surface area contributed by atoms with Gasteiger partial charge in [0.25, 0.3) is 0 Å². The second kappa shape index (κ2) is 4.54. The largest absolute Gasteiger partial charge is 0.494 e. The Hall–Kier alpha value is -1.31. The highest BCUT2D eigenvalue weighted by molar-refractivity contribution is 5.56. The Kier molecular flexibility index (Phi) is 3.33. The van der Waals surface area contributed by atoms with Gasteiger partial charge in [0.1, 0.15) is 5.75 Å². The fraction of sp³-hybridized carbons (Fsp3) is 0.300. The fourth-order valence-electron chi connectivity index (χ4n) is 0.995. The number of hydrogen-bond acceptors (Lipinski definition) is 2. The predicted molar refractivity (Wildman–Crippen MR) is 47.0 cm³/mol. The Morgan fingerprint density at radius 2 is 2.33 bits per heavy atom. The van der Waals surface area contributed by atoms with Crippen LogP contribution in [0.4, 0.5) is 0 Å². The van der Waals surface area contributed by atoms with Crippen molar-refractivity contribution in [3.05, 3.63) is 29.8 Å². The highest BCUT2D eigenvalue weighted by Gasteiger charge is 1.94. The van der Waals surface area contributed by atoms with Crippen molar-refractivity contribution in [2.24, 2.45) is 0 Å². The first kappa shape index (κ1) is 8.78. The summed E-state index contributed by atoms with van der Waals surface area (Å²) in [5, 5.41) is 0. The maximum atomic E-state index is 10.1. The monoisotopic (exact) mass is 163 g/mol. The molecular weight excluding hydrogens is 152 g/mol. The molecule has 1 aromatic carbocycles. The fourth-order valence-corrected chi connectivity index (χ4v) is 0.995. The van der Waals surface area contributed by atoms with Crippen LogP contribution in [-0.2, 0) is 11.2 Å². The van der Waals surface area contributed by atoms with Gasteiger partial charge < -0.3 is 4.74 Å². The molecule has 0 aromatic heterocycles. The van der Waals surface area contributed by atoms with Crippen LogP contribution in [0.3, 0.4) is 0 Å². The van der Waals surface area contributed by atoms with Crippen molar-refractivity contribution in [1.29, 1.82) is 0 Å². The molecule has 0 saturated heterocycles. The summed E-state index contributed by atoms with van der Waals surface area (Å²) in [7, 11) is 0. The zero-order valence-corrected chi connectivity index (χ0v) is 7.04. The van der Waals surface area contributed by atoms with E-state index in [9.17, 15) is 4.79 Å². The van der Waals surface area contributed by atoms with Gasteiger partial charge in [-0.15, -0.1) is 0 Å². The van der Waals surface area contributed by atoms with Gasteiger partial charge in [-0.05, 0) is 24.6 Å². The quantitative estimate of drug-likeness (QED) is 0.675. The number of rotatable bonds is 4. The van der Waals surface area contributed by atoms with E-state index in [1.807, 2.05) is 37.5 Å². The van der Waals surface area contributed by atoms with Gasteiger partial charge in [-0.3, -0.25) is 4.79 Å². The summed E-state index contributed by atoms with van der Waals surface area (Å²) in [5.74, 6) is 0.810. The van der Waals surface area contributed by atoms with Crippen molar-refractivity contribution in [2.75, 3.05) is 6.61 Å². The van der Waals surface area contributed by atoms with Crippen molar-refractivity contribution >= 4 is 6.29 Å². The van der Waals surface area contributed by atoms with Crippen LogP contribution in [0.2, 0.25) is 0 Å². The molecule has 0 heterocycles. The zero-order valence-electron chi connectivity index (χ0n) is 7.04. The lowest BCUT2D eigenvalue weighted by Gasteiger charge is -2.03. The Labute approximate surface area is 72.2 Å². The van der Waals surface area contributed by atoms with Crippen molar-refractivity contribution in [2.45, 2.75) is 13.3 Å². The summed E-state index contributed by atoms with van der Waals surface area (Å²) >= 11 is 0. The standard InChI is InChI=1S/C10H11O2/c1-2-12-10-5-3-4-9(8-10)6-7-11/h3-5,8H,2,6H2,1H3. The molecule has 2 nitrogen and oxygen atoms in total. The van der Waals surface area contributed by atoms with Gasteiger partial charge in [-0.1, -0.05) is 12.1 Å². The first-order valence-corrected chi connectivity index (χ1v) is 3.93. The Bertz CT molecular complexity index is 256. The summed E-state index contributed by atoms with van der Waals surface area (Å²) in [5.41, 5.74) is 0.941. The summed E-state index contributed by atoms with van der Waals surface area (Å²) in [6, 6.07) is 7.48. The van der Waals surface area contributed by atoms with E-state index < -0.39 is 0 Å². The summed E-state index contributed by atoms with van der Waals surface area (Å²) in [6.45, 7) is 2.58. The summed E-state index contributed by atoms with van der Waals surface area (Å²) in [4.78, 5) is 10.1. The van der Waals surface area contributed by atoms with Crippen molar-refractivity contribution in [3.63, 3.8) is 0 Å². The smallest absolute Gasteiger partial charge is 0.203 e. The number of hydrogen-bond donors (Lipinski definition) is 0. The van der Waals surface area contributed by atoms with Gasteiger partial charge in [0.15, 0.2) is 0 Å². The zero-order chi connectivity index (χ0) is 8.81. The molecule has 0 amide bonds. The van der Waals surface area contributed by atoms with Crippen LogP contribution in [0.5, 0.6) is 5.75 Å². The SMILES string of the molecule is CCOc1cccc(C[C]=O)c1. The molecule has 0 aliphatic heterocycles. The van der Waals surface area contributed by atoms with Crippen molar-refractivity contribution in [3.8, 4) is 5.75 Å². The van der Waals surface area contributed by atoms with Crippen LogP contribution in [0, 0.1) is 0 Å². The molecule has 0 N–H and O–H groups in total. The summed E-state index contributed by atoms with van der Waals surface area (Å²) < 4.78 is 5.26. The molecule has 12 heavy (non-hydrogen) atoms. The number of benzene rings is 1. The topological polar surface area (TPSA) is 26.3 Å². The van der Waals surface area contributed by atoms with Crippen LogP contribution in [0.15, 0.2) is 24.3 Å². The molecule has 0 aliphatic carbocycles. The number of carbonyl (C=O) groups excluding carboxylic acids is 1. The lowest BCUT2D eigenvalue weighted by atomic mass is 10.2. The average Bonchev–Trinajstić information content (AvgIpc) is 2.06. The molecule has 2 heteroatoms. The van der Waals surface area contributed by atoms with E-state index >= 15 is 0 Å². The maximum Gasteiger partial charge on any atom is 0.203 e. The van der Waals surface area contributed by atoms with Gasteiger partial charge in [0.05, 0.1) is 6.61 Å². The van der Waals surface area contributed by atoms with E-state index in [4.69, 9.17) is 4.74 Å². The van der Waals surface area contributed by atoms with Gasteiger partial charge in [-0.2, -0.15) is 0 Å². The highest BCUT2D eigenvalue weighted by atomic mass is 16.5. The highest BCUT2D eigenvalue weighted by Crippen LogP contribution is 2.12. The average molecular weight is 163 g/mol. The van der Waals surface area contributed by atoms with Crippen LogP contribution in [-0.4, -0.2) is 12.9 Å². The number of ether oxygens (including phenoxy) is 1. The molecule has 1 aromatic rings. The minimum atomic E-state index is 0.334. The Balaban J connectivity index is 2.73. The van der Waals surface area contributed by atoms with Gasteiger partial charge in [0, 0.05) is 6.42 Å².